The Morgan fingerprint density at radius 3 is 2.08 bits per heavy atom. The fourth-order valence-corrected chi connectivity index (χ4v) is 2.88. The minimum Gasteiger partial charge on any atom is -0.493 e. The molecule has 5 nitrogen and oxygen atoms in total. The molecule has 26 heavy (non-hydrogen) atoms. The predicted molar refractivity (Wildman–Crippen MR) is 104 cm³/mol. The van der Waals surface area contributed by atoms with E-state index in [2.05, 4.69) is 19.2 Å². The Hall–Kier alpha value is -3.08. The standard InChI is InChI=1S/C21H21NO4/c1-12(2)13-5-7-14(8-6-13)18-19(21(24)20(18)23)22-15-9-10-16(25-3)17(11-15)26-4/h5-12,22H,1-4H3. The Bertz CT molecular complexity index is 996. The van der Waals surface area contributed by atoms with E-state index in [-0.39, 0.29) is 0 Å². The molecular formula is C21H21NO4. The van der Waals surface area contributed by atoms with Crippen molar-refractivity contribution in [2.75, 3.05) is 19.5 Å². The zero-order chi connectivity index (χ0) is 18.8. The monoisotopic (exact) mass is 351 g/mol. The van der Waals surface area contributed by atoms with E-state index in [0.717, 1.165) is 5.56 Å². The molecule has 0 aliphatic rings. The number of benzene rings is 2. The molecule has 1 N–H and O–H groups in total. The second-order valence-corrected chi connectivity index (χ2v) is 6.38. The third kappa shape index (κ3) is 3.08. The number of hydrogen-bond acceptors (Lipinski definition) is 5. The summed E-state index contributed by atoms with van der Waals surface area (Å²) >= 11 is 0. The fourth-order valence-electron chi connectivity index (χ4n) is 2.88. The number of rotatable bonds is 6. The lowest BCUT2D eigenvalue weighted by molar-refractivity contribution is 0.355. The third-order valence-corrected chi connectivity index (χ3v) is 4.43. The Balaban J connectivity index is 1.95. The van der Waals surface area contributed by atoms with Crippen LogP contribution in [0.5, 0.6) is 11.5 Å². The normalized spacial score (nSPS) is 11.0. The molecule has 0 fully saturated rings. The van der Waals surface area contributed by atoms with Gasteiger partial charge in [0.05, 0.1) is 19.8 Å². The van der Waals surface area contributed by atoms with Gasteiger partial charge in [-0.3, -0.25) is 9.59 Å². The number of methoxy groups -OCH3 is 2. The van der Waals surface area contributed by atoms with Crippen molar-refractivity contribution in [3.8, 4) is 22.6 Å². The van der Waals surface area contributed by atoms with Crippen LogP contribution in [0.25, 0.3) is 11.1 Å². The van der Waals surface area contributed by atoms with Gasteiger partial charge in [-0.25, -0.2) is 0 Å². The molecule has 0 saturated heterocycles. The first-order valence-corrected chi connectivity index (χ1v) is 8.39. The maximum Gasteiger partial charge on any atom is 0.250 e. The van der Waals surface area contributed by atoms with Crippen LogP contribution in [0, 0.1) is 0 Å². The number of nitrogens with one attached hydrogen (secondary N) is 1. The molecule has 0 radical (unpaired) electrons. The molecule has 3 rings (SSSR count). The average molecular weight is 351 g/mol. The zero-order valence-corrected chi connectivity index (χ0v) is 15.3. The lowest BCUT2D eigenvalue weighted by Crippen LogP contribution is -2.35. The first-order chi connectivity index (χ1) is 12.5. The van der Waals surface area contributed by atoms with Gasteiger partial charge in [0.25, 0.3) is 5.43 Å². The molecule has 3 aromatic carbocycles. The van der Waals surface area contributed by atoms with Crippen molar-refractivity contribution in [2.24, 2.45) is 0 Å². The molecule has 0 amide bonds. The van der Waals surface area contributed by atoms with E-state index in [4.69, 9.17) is 9.47 Å². The number of hydrogen-bond donors (Lipinski definition) is 1. The molecule has 134 valence electrons. The maximum absolute atomic E-state index is 12.1. The van der Waals surface area contributed by atoms with Crippen molar-refractivity contribution in [2.45, 2.75) is 19.8 Å². The summed E-state index contributed by atoms with van der Waals surface area (Å²) in [5.41, 5.74) is 2.31. The lowest BCUT2D eigenvalue weighted by Gasteiger charge is -2.15. The Morgan fingerprint density at radius 1 is 0.846 bits per heavy atom. The van der Waals surface area contributed by atoms with Gasteiger partial charge < -0.3 is 14.8 Å². The van der Waals surface area contributed by atoms with Gasteiger partial charge in [0.1, 0.15) is 5.69 Å². The van der Waals surface area contributed by atoms with E-state index >= 15 is 0 Å². The van der Waals surface area contributed by atoms with Crippen molar-refractivity contribution < 1.29 is 9.47 Å². The van der Waals surface area contributed by atoms with Gasteiger partial charge in [0.15, 0.2) is 11.5 Å². The summed E-state index contributed by atoms with van der Waals surface area (Å²) in [7, 11) is 3.10. The smallest absolute Gasteiger partial charge is 0.250 e. The van der Waals surface area contributed by atoms with Gasteiger partial charge in [-0.2, -0.15) is 0 Å². The summed E-state index contributed by atoms with van der Waals surface area (Å²) in [5, 5.41) is 3.04. The molecule has 0 spiro atoms. The zero-order valence-electron chi connectivity index (χ0n) is 15.3. The largest absolute Gasteiger partial charge is 0.493 e. The first kappa shape index (κ1) is 17.7. The van der Waals surface area contributed by atoms with Crippen LogP contribution in [0.15, 0.2) is 52.1 Å². The SMILES string of the molecule is COc1ccc(Nc2c(-c3ccc(C(C)C)cc3)c(=O)c2=O)cc1OC. The molecule has 0 saturated carbocycles. The van der Waals surface area contributed by atoms with Crippen molar-refractivity contribution in [3.05, 3.63) is 68.5 Å². The quantitative estimate of drug-likeness (QED) is 0.684. The van der Waals surface area contributed by atoms with Gasteiger partial charge in [-0.1, -0.05) is 38.1 Å². The molecular weight excluding hydrogens is 330 g/mol. The first-order valence-electron chi connectivity index (χ1n) is 8.39. The molecule has 0 unspecified atom stereocenters. The molecule has 3 aromatic rings. The van der Waals surface area contributed by atoms with Crippen LogP contribution in [0.1, 0.15) is 25.3 Å². The molecule has 0 aliphatic heterocycles. The average Bonchev–Trinajstić information content (AvgIpc) is 2.67. The van der Waals surface area contributed by atoms with E-state index in [1.165, 1.54) is 5.56 Å². The van der Waals surface area contributed by atoms with Gasteiger partial charge in [-0.15, -0.1) is 0 Å². The van der Waals surface area contributed by atoms with Crippen LogP contribution in [0.4, 0.5) is 11.4 Å². The fraction of sp³-hybridized carbons (Fsp3) is 0.238. The molecule has 0 atom stereocenters. The summed E-state index contributed by atoms with van der Waals surface area (Å²) in [6, 6.07) is 13.0. The van der Waals surface area contributed by atoms with Crippen LogP contribution < -0.4 is 25.6 Å². The highest BCUT2D eigenvalue weighted by molar-refractivity contribution is 5.85. The molecule has 0 aromatic heterocycles. The minimum absolute atomic E-state index is 0.305. The van der Waals surface area contributed by atoms with Crippen LogP contribution in [-0.2, 0) is 0 Å². The molecule has 0 heterocycles. The van der Waals surface area contributed by atoms with Gasteiger partial charge in [0, 0.05) is 11.8 Å². The van der Waals surface area contributed by atoms with Crippen molar-refractivity contribution in [3.63, 3.8) is 0 Å². The lowest BCUT2D eigenvalue weighted by atomic mass is 9.95. The van der Waals surface area contributed by atoms with Crippen LogP contribution in [0.2, 0.25) is 0 Å². The summed E-state index contributed by atoms with van der Waals surface area (Å²) in [5.74, 6) is 1.53. The minimum atomic E-state index is -0.511. The molecule has 0 bridgehead atoms. The van der Waals surface area contributed by atoms with E-state index in [9.17, 15) is 9.59 Å². The highest BCUT2D eigenvalue weighted by Crippen LogP contribution is 2.33. The topological polar surface area (TPSA) is 64.6 Å². The van der Waals surface area contributed by atoms with E-state index in [1.807, 2.05) is 24.3 Å². The second-order valence-electron chi connectivity index (χ2n) is 6.38. The Morgan fingerprint density at radius 2 is 1.50 bits per heavy atom. The summed E-state index contributed by atoms with van der Waals surface area (Å²) < 4.78 is 10.5. The van der Waals surface area contributed by atoms with Crippen molar-refractivity contribution >= 4 is 11.4 Å². The van der Waals surface area contributed by atoms with Crippen molar-refractivity contribution in [1.82, 2.24) is 0 Å². The highest BCUT2D eigenvalue weighted by Gasteiger charge is 2.22. The Kier molecular flexibility index (Phi) is 4.80. The summed E-state index contributed by atoms with van der Waals surface area (Å²) in [6.07, 6.45) is 0. The van der Waals surface area contributed by atoms with Gasteiger partial charge in [-0.05, 0) is 29.2 Å². The van der Waals surface area contributed by atoms with Gasteiger partial charge in [0.2, 0.25) is 5.43 Å². The third-order valence-electron chi connectivity index (χ3n) is 4.43. The van der Waals surface area contributed by atoms with E-state index < -0.39 is 10.9 Å². The summed E-state index contributed by atoms with van der Waals surface area (Å²) in [4.78, 5) is 24.2. The van der Waals surface area contributed by atoms with Crippen LogP contribution in [-0.4, -0.2) is 14.2 Å². The maximum atomic E-state index is 12.1. The highest BCUT2D eigenvalue weighted by atomic mass is 16.5. The van der Waals surface area contributed by atoms with E-state index in [1.54, 1.807) is 32.4 Å². The van der Waals surface area contributed by atoms with Crippen LogP contribution in [0.3, 0.4) is 0 Å². The van der Waals surface area contributed by atoms with Crippen molar-refractivity contribution in [1.29, 1.82) is 0 Å². The molecule has 0 aliphatic carbocycles. The second kappa shape index (κ2) is 7.04. The molecule has 5 heteroatoms. The van der Waals surface area contributed by atoms with Gasteiger partial charge >= 0.3 is 0 Å². The number of anilines is 2. The summed E-state index contributed by atoms with van der Waals surface area (Å²) in [6.45, 7) is 4.21. The Labute approximate surface area is 151 Å². The predicted octanol–water partition coefficient (Wildman–Crippen LogP) is 3.83. The van der Waals surface area contributed by atoms with E-state index in [0.29, 0.717) is 34.4 Å². The van der Waals surface area contributed by atoms with Crippen LogP contribution >= 0.6 is 0 Å². The number of ether oxygens (including phenoxy) is 2.